The van der Waals surface area contributed by atoms with Gasteiger partial charge in [-0.1, -0.05) is 11.6 Å². The molecule has 1 aromatic carbocycles. The lowest BCUT2D eigenvalue weighted by Gasteiger charge is -2.05. The molecule has 0 saturated carbocycles. The van der Waals surface area contributed by atoms with Gasteiger partial charge in [-0.15, -0.1) is 0 Å². The average molecular weight is 282 g/mol. The summed E-state index contributed by atoms with van der Waals surface area (Å²) in [6.07, 6.45) is 0. The predicted octanol–water partition coefficient (Wildman–Crippen LogP) is 3.30. The van der Waals surface area contributed by atoms with Crippen LogP contribution in [0.2, 0.25) is 5.02 Å². The smallest absolute Gasteiger partial charge is 0.302 e. The van der Waals surface area contributed by atoms with Gasteiger partial charge in [0.2, 0.25) is 0 Å². The van der Waals surface area contributed by atoms with Crippen LogP contribution in [0.15, 0.2) is 16.6 Å². The quantitative estimate of drug-likeness (QED) is 0.614. The first kappa shape index (κ1) is 11.5. The number of halogens is 3. The number of carbonyl (C=O) groups is 1. The summed E-state index contributed by atoms with van der Waals surface area (Å²) in [4.78, 5) is 10.5. The molecule has 0 amide bonds. The molecule has 76 valence electrons. The van der Waals surface area contributed by atoms with E-state index in [2.05, 4.69) is 15.9 Å². The molecule has 0 saturated heterocycles. The van der Waals surface area contributed by atoms with Gasteiger partial charge in [-0.2, -0.15) is 0 Å². The lowest BCUT2D eigenvalue weighted by molar-refractivity contribution is -0.142. The Bertz CT molecular complexity index is 368. The Balaban J connectivity index is 2.87. The molecule has 2 nitrogen and oxygen atoms in total. The van der Waals surface area contributed by atoms with Crippen LogP contribution in [0.5, 0.6) is 0 Å². The molecule has 0 heterocycles. The average Bonchev–Trinajstić information content (AvgIpc) is 2.09. The van der Waals surface area contributed by atoms with Crippen molar-refractivity contribution < 1.29 is 13.9 Å². The van der Waals surface area contributed by atoms with Crippen LogP contribution in [0, 0.1) is 5.82 Å². The molecule has 0 atom stereocenters. The molecule has 5 heteroatoms. The highest BCUT2D eigenvalue weighted by Crippen LogP contribution is 2.25. The van der Waals surface area contributed by atoms with Gasteiger partial charge >= 0.3 is 5.97 Å². The molecular weight excluding hydrogens is 274 g/mol. The van der Waals surface area contributed by atoms with E-state index in [9.17, 15) is 9.18 Å². The molecule has 1 rings (SSSR count). The van der Waals surface area contributed by atoms with Crippen LogP contribution in [0.4, 0.5) is 4.39 Å². The Morgan fingerprint density at radius 1 is 1.64 bits per heavy atom. The summed E-state index contributed by atoms with van der Waals surface area (Å²) in [5, 5.41) is 0.361. The summed E-state index contributed by atoms with van der Waals surface area (Å²) in [5.41, 5.74) is 0.447. The molecule has 0 N–H and O–H groups in total. The minimum atomic E-state index is -0.434. The Kier molecular flexibility index (Phi) is 3.89. The molecule has 0 spiro atoms. The Hall–Kier alpha value is -0.610. The summed E-state index contributed by atoms with van der Waals surface area (Å²) in [6.45, 7) is 1.27. The van der Waals surface area contributed by atoms with E-state index in [-0.39, 0.29) is 11.1 Å². The fourth-order valence-electron chi connectivity index (χ4n) is 0.854. The van der Waals surface area contributed by atoms with Crippen molar-refractivity contribution in [2.24, 2.45) is 0 Å². The molecule has 0 fully saturated rings. The van der Waals surface area contributed by atoms with E-state index in [0.717, 1.165) is 0 Å². The van der Waals surface area contributed by atoms with Gasteiger partial charge in [0, 0.05) is 17.5 Å². The van der Waals surface area contributed by atoms with Crippen molar-refractivity contribution in [2.45, 2.75) is 13.5 Å². The van der Waals surface area contributed by atoms with E-state index in [0.29, 0.717) is 10.6 Å². The summed E-state index contributed by atoms with van der Waals surface area (Å²) in [6, 6.07) is 2.66. The van der Waals surface area contributed by atoms with E-state index < -0.39 is 11.8 Å². The number of hydrogen-bond donors (Lipinski definition) is 0. The van der Waals surface area contributed by atoms with Gasteiger partial charge in [0.05, 0.1) is 4.47 Å². The van der Waals surface area contributed by atoms with Crippen molar-refractivity contribution in [2.75, 3.05) is 0 Å². The molecule has 14 heavy (non-hydrogen) atoms. The molecule has 0 unspecified atom stereocenters. The Morgan fingerprint density at radius 2 is 2.29 bits per heavy atom. The monoisotopic (exact) mass is 280 g/mol. The first-order chi connectivity index (χ1) is 6.50. The van der Waals surface area contributed by atoms with Crippen molar-refractivity contribution >= 4 is 33.5 Å². The van der Waals surface area contributed by atoms with Gasteiger partial charge in [-0.05, 0) is 28.1 Å². The number of esters is 1. The largest absolute Gasteiger partial charge is 0.461 e. The molecule has 0 aliphatic rings. The zero-order valence-corrected chi connectivity index (χ0v) is 9.65. The van der Waals surface area contributed by atoms with Crippen LogP contribution in [-0.4, -0.2) is 5.97 Å². The van der Waals surface area contributed by atoms with Gasteiger partial charge in [0.1, 0.15) is 12.4 Å². The summed E-state index contributed by atoms with van der Waals surface area (Å²) in [5.74, 6) is -0.860. The third-order valence-electron chi connectivity index (χ3n) is 1.52. The van der Waals surface area contributed by atoms with E-state index >= 15 is 0 Å². The topological polar surface area (TPSA) is 26.3 Å². The van der Waals surface area contributed by atoms with Crippen molar-refractivity contribution in [1.82, 2.24) is 0 Å². The number of hydrogen-bond acceptors (Lipinski definition) is 2. The van der Waals surface area contributed by atoms with Crippen LogP contribution in [0.25, 0.3) is 0 Å². The van der Waals surface area contributed by atoms with Gasteiger partial charge in [-0.25, -0.2) is 4.39 Å². The second-order valence-corrected chi connectivity index (χ2v) is 3.90. The summed E-state index contributed by atoms with van der Waals surface area (Å²) in [7, 11) is 0. The zero-order chi connectivity index (χ0) is 10.7. The van der Waals surface area contributed by atoms with Crippen molar-refractivity contribution in [3.05, 3.63) is 33.0 Å². The fourth-order valence-corrected chi connectivity index (χ4v) is 1.55. The van der Waals surface area contributed by atoms with Crippen LogP contribution >= 0.6 is 27.5 Å². The maximum absolute atomic E-state index is 13.0. The predicted molar refractivity (Wildman–Crippen MR) is 54.6 cm³/mol. The third-order valence-corrected chi connectivity index (χ3v) is 2.48. The lowest BCUT2D eigenvalue weighted by Crippen LogP contribution is -2.00. The highest BCUT2D eigenvalue weighted by atomic mass is 79.9. The maximum Gasteiger partial charge on any atom is 0.302 e. The van der Waals surface area contributed by atoms with Crippen LogP contribution < -0.4 is 0 Å². The summed E-state index contributed by atoms with van der Waals surface area (Å²) < 4.78 is 18.0. The van der Waals surface area contributed by atoms with E-state index in [1.165, 1.54) is 19.1 Å². The van der Waals surface area contributed by atoms with E-state index in [4.69, 9.17) is 16.3 Å². The first-order valence-corrected chi connectivity index (χ1v) is 4.94. The molecule has 0 aliphatic heterocycles. The van der Waals surface area contributed by atoms with Gasteiger partial charge < -0.3 is 4.74 Å². The second-order valence-electron chi connectivity index (χ2n) is 2.64. The van der Waals surface area contributed by atoms with Crippen molar-refractivity contribution in [1.29, 1.82) is 0 Å². The SMILES string of the molecule is CC(=O)OCc1cc(F)c(Br)cc1Cl. The summed E-state index contributed by atoms with van der Waals surface area (Å²) >= 11 is 8.79. The number of carbonyl (C=O) groups excluding carboxylic acids is 1. The van der Waals surface area contributed by atoms with Gasteiger partial charge in [-0.3, -0.25) is 4.79 Å². The maximum atomic E-state index is 13.0. The number of ether oxygens (including phenoxy) is 1. The van der Waals surface area contributed by atoms with Crippen LogP contribution in [0.1, 0.15) is 12.5 Å². The minimum absolute atomic E-state index is 0.0155. The first-order valence-electron chi connectivity index (χ1n) is 3.77. The lowest BCUT2D eigenvalue weighted by atomic mass is 10.2. The van der Waals surface area contributed by atoms with Crippen LogP contribution in [0.3, 0.4) is 0 Å². The zero-order valence-electron chi connectivity index (χ0n) is 7.31. The third kappa shape index (κ3) is 2.96. The minimum Gasteiger partial charge on any atom is -0.461 e. The highest BCUT2D eigenvalue weighted by Gasteiger charge is 2.07. The number of rotatable bonds is 2. The number of benzene rings is 1. The van der Waals surface area contributed by atoms with Gasteiger partial charge in [0.25, 0.3) is 0 Å². The standard InChI is InChI=1S/C9H7BrClFO2/c1-5(13)14-4-6-2-9(12)7(10)3-8(6)11/h2-3H,4H2,1H3. The molecule has 0 aliphatic carbocycles. The highest BCUT2D eigenvalue weighted by molar-refractivity contribution is 9.10. The fraction of sp³-hybridized carbons (Fsp3) is 0.222. The molecule has 0 bridgehead atoms. The van der Waals surface area contributed by atoms with Crippen molar-refractivity contribution in [3.63, 3.8) is 0 Å². The van der Waals surface area contributed by atoms with Gasteiger partial charge in [0.15, 0.2) is 0 Å². The van der Waals surface area contributed by atoms with E-state index in [1.807, 2.05) is 0 Å². The van der Waals surface area contributed by atoms with Crippen LogP contribution in [-0.2, 0) is 16.1 Å². The Morgan fingerprint density at radius 3 is 2.86 bits per heavy atom. The second kappa shape index (κ2) is 4.75. The molecular formula is C9H7BrClFO2. The molecule has 1 aromatic rings. The Labute approximate surface area is 94.1 Å². The molecule has 0 radical (unpaired) electrons. The van der Waals surface area contributed by atoms with E-state index in [1.54, 1.807) is 0 Å². The van der Waals surface area contributed by atoms with Crippen molar-refractivity contribution in [3.8, 4) is 0 Å². The normalized spacial score (nSPS) is 10.0. The molecule has 0 aromatic heterocycles.